The molecule has 2 nitrogen and oxygen atoms in total. The molecule has 0 amide bonds. The van der Waals surface area contributed by atoms with E-state index in [1.165, 1.54) is 0 Å². The number of hydrogen-bond acceptors (Lipinski definition) is 2. The normalized spacial score (nSPS) is 10.3. The van der Waals surface area contributed by atoms with E-state index in [0.717, 1.165) is 0 Å². The molecule has 0 aliphatic heterocycles. The zero-order valence-corrected chi connectivity index (χ0v) is 7.52. The van der Waals surface area contributed by atoms with Crippen LogP contribution in [0.1, 0.15) is 0 Å². The second-order valence-electron chi connectivity index (χ2n) is 0.194. The van der Waals surface area contributed by atoms with Crippen LogP contribution in [-0.4, -0.2) is 8.76 Å². The summed E-state index contributed by atoms with van der Waals surface area (Å²) in [5.41, 5.74) is 0. The second-order valence-corrected chi connectivity index (χ2v) is 1.34. The summed E-state index contributed by atoms with van der Waals surface area (Å²) in [5, 5.41) is 0. The summed E-state index contributed by atoms with van der Waals surface area (Å²) >= 11 is 0. The van der Waals surface area contributed by atoms with E-state index in [1.54, 1.807) is 0 Å². The zero-order chi connectivity index (χ0) is 3.58. The van der Waals surface area contributed by atoms with Crippen LogP contribution in [0.4, 0.5) is 0 Å². The summed E-state index contributed by atoms with van der Waals surface area (Å²) in [6.45, 7) is 0. The Morgan fingerprint density at radius 2 is 1.67 bits per heavy atom. The van der Waals surface area contributed by atoms with Gasteiger partial charge < -0.3 is 12.0 Å². The molecule has 0 aromatic heterocycles. The second kappa shape index (κ2) is 9.43. The average molecular weight is 298 g/mol. The first-order valence-electron chi connectivity index (χ1n) is 0.488. The van der Waals surface area contributed by atoms with Crippen LogP contribution in [0.3, 0.4) is 0 Å². The molecule has 0 radical (unpaired) electrons. The maximum atomic E-state index is 8.77. The Morgan fingerprint density at radius 1 is 1.67 bits per heavy atom. The molecule has 0 fully saturated rings. The van der Waals surface area contributed by atoms with E-state index < -0.39 is 10.3 Å². The van der Waals surface area contributed by atoms with Gasteiger partial charge in [0.2, 0.25) is 0 Å². The predicted molar refractivity (Wildman–Crippen MR) is 21.2 cm³/mol. The molecule has 0 aliphatic carbocycles. The zero-order valence-electron chi connectivity index (χ0n) is 3.01. The Balaban J connectivity index is -0.0000000450. The minimum atomic E-state index is -2.39. The minimum Gasteiger partial charge on any atom is -0.760 e. The third-order valence-electron chi connectivity index (χ3n) is 0. The number of rotatable bonds is 0. The molecule has 0 N–H and O–H groups in total. The largest absolute Gasteiger partial charge is 2.00 e. The molecule has 0 aliphatic rings. The molecule has 0 aromatic rings. The third-order valence-corrected chi connectivity index (χ3v) is 0. The van der Waals surface area contributed by atoms with Gasteiger partial charge in [0.25, 0.3) is 0 Å². The predicted octanol–water partition coefficient (Wildman–Crippen LogP) is 0.467. The van der Waals surface area contributed by atoms with Crippen LogP contribution >= 0.6 is 10.7 Å². The van der Waals surface area contributed by atoms with Gasteiger partial charge >= 0.3 is 21.1 Å². The fourth-order valence-corrected chi connectivity index (χ4v) is 0. The van der Waals surface area contributed by atoms with E-state index in [2.05, 4.69) is 10.7 Å². The molecule has 0 spiro atoms. The van der Waals surface area contributed by atoms with Crippen molar-refractivity contribution in [1.82, 2.24) is 0 Å². The quantitative estimate of drug-likeness (QED) is 0.370. The van der Waals surface area contributed by atoms with Crippen LogP contribution in [-0.2, 0) is 31.4 Å². The first kappa shape index (κ1) is 15.7. The first-order valence-corrected chi connectivity index (χ1v) is 2.39. The summed E-state index contributed by atoms with van der Waals surface area (Å²) in [7, 11) is 1.80. The topological polar surface area (TPSA) is 40.1 Å². The molecule has 38 valence electrons. The van der Waals surface area contributed by atoms with Crippen molar-refractivity contribution in [2.75, 3.05) is 0 Å². The summed E-state index contributed by atoms with van der Waals surface area (Å²) in [6, 6.07) is 0. The van der Waals surface area contributed by atoms with Crippen molar-refractivity contribution in [3.05, 3.63) is 7.43 Å². The van der Waals surface area contributed by atoms with Crippen LogP contribution in [0.15, 0.2) is 0 Å². The first-order chi connectivity index (χ1) is 1.73. The van der Waals surface area contributed by atoms with E-state index in [1.807, 2.05) is 0 Å². The van der Waals surface area contributed by atoms with Gasteiger partial charge in [-0.2, -0.15) is 0 Å². The molecule has 0 rings (SSSR count). The standard InChI is InChI=1S/CH3.ClHO2S.W/c;1-4(2)3;/h1H3;(H,2,3);/q-1;;+2/p-1. The van der Waals surface area contributed by atoms with Gasteiger partial charge in [-0.15, -0.1) is 0 Å². The van der Waals surface area contributed by atoms with Gasteiger partial charge in [-0.3, -0.25) is 4.21 Å². The maximum absolute atomic E-state index is 8.77. The SMILES string of the molecule is O=S([O-])Cl.[CH3-].[W+2]. The molecular formula is CH3ClO2SW. The van der Waals surface area contributed by atoms with Crippen LogP contribution in [0.2, 0.25) is 0 Å². The van der Waals surface area contributed by atoms with E-state index >= 15 is 0 Å². The van der Waals surface area contributed by atoms with Crippen LogP contribution in [0.5, 0.6) is 0 Å². The van der Waals surface area contributed by atoms with Crippen LogP contribution in [0, 0.1) is 7.43 Å². The Morgan fingerprint density at radius 3 is 1.67 bits per heavy atom. The Labute approximate surface area is 58.3 Å². The maximum Gasteiger partial charge on any atom is 2.00 e. The van der Waals surface area contributed by atoms with Gasteiger partial charge in [0, 0.05) is 10.3 Å². The van der Waals surface area contributed by atoms with E-state index in [-0.39, 0.29) is 28.5 Å². The van der Waals surface area contributed by atoms with Crippen molar-refractivity contribution in [3.63, 3.8) is 0 Å². The average Bonchev–Trinajstić information content (AvgIpc) is 0.811. The number of hydrogen-bond donors (Lipinski definition) is 0. The molecule has 5 heteroatoms. The molecule has 0 aromatic carbocycles. The van der Waals surface area contributed by atoms with Crippen LogP contribution in [0.25, 0.3) is 0 Å². The fraction of sp³-hybridized carbons (Fsp3) is 0. The summed E-state index contributed by atoms with van der Waals surface area (Å²) < 4.78 is 17.5. The molecule has 0 saturated carbocycles. The molecule has 1 unspecified atom stereocenters. The fourth-order valence-electron chi connectivity index (χ4n) is 0. The van der Waals surface area contributed by atoms with Gasteiger partial charge in [0.15, 0.2) is 0 Å². The van der Waals surface area contributed by atoms with E-state index in [4.69, 9.17) is 8.76 Å². The van der Waals surface area contributed by atoms with Crippen molar-refractivity contribution < 1.29 is 29.8 Å². The van der Waals surface area contributed by atoms with Crippen molar-refractivity contribution in [3.8, 4) is 0 Å². The summed E-state index contributed by atoms with van der Waals surface area (Å²) in [6.07, 6.45) is 0. The van der Waals surface area contributed by atoms with Crippen molar-refractivity contribution in [2.24, 2.45) is 0 Å². The molecular weight excluding hydrogens is 295 g/mol. The van der Waals surface area contributed by atoms with E-state index in [0.29, 0.717) is 0 Å². The summed E-state index contributed by atoms with van der Waals surface area (Å²) in [5.74, 6) is 0. The molecule has 1 atom stereocenters. The van der Waals surface area contributed by atoms with Crippen molar-refractivity contribution >= 4 is 21.0 Å². The van der Waals surface area contributed by atoms with E-state index in [9.17, 15) is 0 Å². The Hall–Kier alpha value is 1.09. The number of halogens is 1. The molecule has 6 heavy (non-hydrogen) atoms. The smallest absolute Gasteiger partial charge is 0.760 e. The third kappa shape index (κ3) is 71.8. The Bertz CT molecular complexity index is 36.5. The van der Waals surface area contributed by atoms with Gasteiger partial charge in [0.05, 0.1) is 0 Å². The monoisotopic (exact) mass is 298 g/mol. The minimum absolute atomic E-state index is 0. The van der Waals surface area contributed by atoms with Gasteiger partial charge in [-0.1, -0.05) is 0 Å². The van der Waals surface area contributed by atoms with Gasteiger partial charge in [-0.25, -0.2) is 0 Å². The van der Waals surface area contributed by atoms with Crippen molar-refractivity contribution in [1.29, 1.82) is 0 Å². The molecule has 0 heterocycles. The summed E-state index contributed by atoms with van der Waals surface area (Å²) in [4.78, 5) is 0. The molecule has 0 bridgehead atoms. The molecule has 0 saturated heterocycles. The van der Waals surface area contributed by atoms with Crippen molar-refractivity contribution in [2.45, 2.75) is 0 Å². The Kier molecular flexibility index (Phi) is 24.7. The van der Waals surface area contributed by atoms with Crippen LogP contribution < -0.4 is 0 Å². The van der Waals surface area contributed by atoms with Gasteiger partial charge in [-0.05, 0) is 10.7 Å². The van der Waals surface area contributed by atoms with Gasteiger partial charge in [0.1, 0.15) is 0 Å².